The first kappa shape index (κ1) is 17.2. The maximum atomic E-state index is 12.1. The molecule has 9 nitrogen and oxygen atoms in total. The molecule has 132 valence electrons. The number of carbonyl (C=O) groups is 1. The summed E-state index contributed by atoms with van der Waals surface area (Å²) in [5.41, 5.74) is -0.0907. The van der Waals surface area contributed by atoms with E-state index in [9.17, 15) is 20.0 Å². The van der Waals surface area contributed by atoms with E-state index in [0.717, 1.165) is 6.42 Å². The molecule has 1 aromatic heterocycles. The van der Waals surface area contributed by atoms with Crippen molar-refractivity contribution in [2.75, 3.05) is 0 Å². The number of amides is 1. The first-order valence-electron chi connectivity index (χ1n) is 7.87. The van der Waals surface area contributed by atoms with Crippen LogP contribution in [0.3, 0.4) is 0 Å². The molecule has 0 saturated heterocycles. The van der Waals surface area contributed by atoms with Gasteiger partial charge in [-0.1, -0.05) is 19.1 Å². The van der Waals surface area contributed by atoms with Crippen molar-refractivity contribution in [1.29, 1.82) is 0 Å². The minimum atomic E-state index is -0.637. The van der Waals surface area contributed by atoms with Gasteiger partial charge >= 0.3 is 0 Å². The first-order valence-corrected chi connectivity index (χ1v) is 7.87. The minimum absolute atomic E-state index is 0.104. The number of nitrogens with zero attached hydrogens (tertiary/aromatic N) is 4. The molecule has 0 spiro atoms. The molecule has 1 amide bonds. The number of nitrogens with one attached hydrogen (secondary N) is 1. The molecule has 9 heteroatoms. The second kappa shape index (κ2) is 6.71. The average molecular weight is 353 g/mol. The lowest BCUT2D eigenvalue weighted by Gasteiger charge is -1.92. The zero-order valence-corrected chi connectivity index (χ0v) is 14.1. The van der Waals surface area contributed by atoms with Gasteiger partial charge in [-0.2, -0.15) is 0 Å². The van der Waals surface area contributed by atoms with E-state index in [-0.39, 0.29) is 28.2 Å². The van der Waals surface area contributed by atoms with Crippen molar-refractivity contribution in [2.45, 2.75) is 20.3 Å². The Bertz CT molecular complexity index is 1190. The molecule has 2 heterocycles. The average Bonchev–Trinajstić information content (AvgIpc) is 3.08. The van der Waals surface area contributed by atoms with Crippen LogP contribution in [0.5, 0.6) is 5.88 Å². The fourth-order valence-electron chi connectivity index (χ4n) is 2.67. The monoisotopic (exact) mass is 353 g/mol. The van der Waals surface area contributed by atoms with Gasteiger partial charge in [-0.15, -0.1) is 10.2 Å². The highest BCUT2D eigenvalue weighted by molar-refractivity contribution is 6.14. The number of aromatic nitrogens is 1. The molecular formula is C17H15N5O4. The summed E-state index contributed by atoms with van der Waals surface area (Å²) in [7, 11) is 0. The largest absolute Gasteiger partial charge is 0.493 e. The molecule has 1 aromatic carbocycles. The quantitative estimate of drug-likeness (QED) is 0.475. The van der Waals surface area contributed by atoms with E-state index in [1.54, 1.807) is 13.0 Å². The van der Waals surface area contributed by atoms with Crippen LogP contribution < -0.4 is 21.1 Å². The van der Waals surface area contributed by atoms with E-state index in [2.05, 4.69) is 20.2 Å². The van der Waals surface area contributed by atoms with Gasteiger partial charge in [0.25, 0.3) is 11.6 Å². The first-order chi connectivity index (χ1) is 12.5. The fourth-order valence-corrected chi connectivity index (χ4v) is 2.67. The summed E-state index contributed by atoms with van der Waals surface area (Å²) >= 11 is 0. The lowest BCUT2D eigenvalue weighted by Crippen LogP contribution is -2.23. The van der Waals surface area contributed by atoms with Gasteiger partial charge in [0.2, 0.25) is 5.88 Å². The number of aromatic hydroxyl groups is 1. The highest BCUT2D eigenvalue weighted by Crippen LogP contribution is 2.19. The van der Waals surface area contributed by atoms with Crippen molar-refractivity contribution in [3.63, 3.8) is 0 Å². The van der Waals surface area contributed by atoms with Crippen LogP contribution in [0.2, 0.25) is 0 Å². The maximum absolute atomic E-state index is 12.1. The summed E-state index contributed by atoms with van der Waals surface area (Å²) in [4.78, 5) is 29.1. The molecule has 0 saturated carbocycles. The molecule has 0 unspecified atom stereocenters. The molecule has 0 aliphatic carbocycles. The Morgan fingerprint density at radius 3 is 2.81 bits per heavy atom. The number of H-pyrrole nitrogens is 1. The number of non-ortho nitro benzene ring substituents is 1. The summed E-state index contributed by atoms with van der Waals surface area (Å²) in [5, 5.41) is 30.8. The normalized spacial score (nSPS) is 15.0. The zero-order valence-electron chi connectivity index (χ0n) is 14.1. The van der Waals surface area contributed by atoms with Gasteiger partial charge in [-0.05, 0) is 19.4 Å². The second-order valence-electron chi connectivity index (χ2n) is 5.47. The standard InChI is InChI=1S/C17H15N5O4/c1-3-5-12-10(4-2)14(16(23)18-12)20-21-15-11-8-9(22(25)26)6-7-13(11)19-17(15)24/h4-8,18,23H,3H2,1-2H3/b10-4+,12-5+,21-20?. The number of nitro groups is 1. The van der Waals surface area contributed by atoms with Crippen molar-refractivity contribution in [3.05, 3.63) is 49.5 Å². The van der Waals surface area contributed by atoms with Crippen molar-refractivity contribution in [2.24, 2.45) is 15.2 Å². The molecule has 1 aliphatic heterocycles. The lowest BCUT2D eigenvalue weighted by atomic mass is 10.2. The van der Waals surface area contributed by atoms with Crippen molar-refractivity contribution < 1.29 is 14.8 Å². The van der Waals surface area contributed by atoms with Crippen molar-refractivity contribution >= 4 is 35.1 Å². The summed E-state index contributed by atoms with van der Waals surface area (Å²) in [6, 6.07) is 3.89. The predicted molar refractivity (Wildman–Crippen MR) is 93.4 cm³/mol. The predicted octanol–water partition coefficient (Wildman–Crippen LogP) is 0.671. The van der Waals surface area contributed by atoms with E-state index < -0.39 is 10.8 Å². The van der Waals surface area contributed by atoms with Gasteiger partial charge < -0.3 is 10.1 Å². The summed E-state index contributed by atoms with van der Waals surface area (Å²) < 4.78 is 0. The van der Waals surface area contributed by atoms with Gasteiger partial charge in [0.1, 0.15) is 0 Å². The molecule has 26 heavy (non-hydrogen) atoms. The lowest BCUT2D eigenvalue weighted by molar-refractivity contribution is -0.385. The molecular weight excluding hydrogens is 338 g/mol. The van der Waals surface area contributed by atoms with Crippen LogP contribution in [0.4, 0.5) is 11.4 Å². The number of hydrogen-bond donors (Lipinski definition) is 2. The highest BCUT2D eigenvalue weighted by Gasteiger charge is 2.19. The SMILES string of the molecule is C/C=c1/c(N=NC2=c3cc([N+](=O)[O-])ccc3=NC2=O)c(O)[nH]/c1=C/CC. The molecule has 2 aromatic rings. The number of carbonyl (C=O) groups excluding carboxylic acids is 1. The molecule has 1 aliphatic rings. The third kappa shape index (κ3) is 2.90. The van der Waals surface area contributed by atoms with E-state index >= 15 is 0 Å². The second-order valence-corrected chi connectivity index (χ2v) is 5.47. The van der Waals surface area contributed by atoms with E-state index in [1.807, 2.05) is 13.0 Å². The number of hydrogen-bond acceptors (Lipinski definition) is 6. The Morgan fingerprint density at radius 1 is 1.38 bits per heavy atom. The Hall–Kier alpha value is -3.62. The molecule has 0 fully saturated rings. The van der Waals surface area contributed by atoms with Crippen LogP contribution >= 0.6 is 0 Å². The van der Waals surface area contributed by atoms with Crippen LogP contribution in [0.15, 0.2) is 33.4 Å². The third-order valence-corrected chi connectivity index (χ3v) is 3.84. The topological polar surface area (TPSA) is 133 Å². The van der Waals surface area contributed by atoms with Gasteiger partial charge in [0.05, 0.1) is 10.3 Å². The van der Waals surface area contributed by atoms with Crippen LogP contribution in [0, 0.1) is 10.1 Å². The van der Waals surface area contributed by atoms with E-state index in [4.69, 9.17) is 0 Å². The molecule has 2 N–H and O–H groups in total. The smallest absolute Gasteiger partial charge is 0.298 e. The summed E-state index contributed by atoms with van der Waals surface area (Å²) in [5.74, 6) is -0.814. The Labute approximate surface area is 146 Å². The van der Waals surface area contributed by atoms with Gasteiger partial charge in [-0.3, -0.25) is 14.9 Å². The van der Waals surface area contributed by atoms with Gasteiger partial charge in [0, 0.05) is 27.9 Å². The van der Waals surface area contributed by atoms with Crippen LogP contribution in [-0.2, 0) is 4.79 Å². The number of aromatic amines is 1. The number of nitro benzene ring substituents is 1. The summed E-state index contributed by atoms with van der Waals surface area (Å²) in [6.07, 6.45) is 4.40. The Kier molecular flexibility index (Phi) is 4.44. The minimum Gasteiger partial charge on any atom is -0.493 e. The summed E-state index contributed by atoms with van der Waals surface area (Å²) in [6.45, 7) is 3.74. The zero-order chi connectivity index (χ0) is 18.8. The van der Waals surface area contributed by atoms with Crippen molar-refractivity contribution in [3.8, 4) is 5.88 Å². The van der Waals surface area contributed by atoms with Crippen LogP contribution in [0.1, 0.15) is 20.3 Å². The maximum Gasteiger partial charge on any atom is 0.298 e. The number of fused-ring (bicyclic) bond motifs is 1. The van der Waals surface area contributed by atoms with Gasteiger partial charge in [0.15, 0.2) is 11.4 Å². The Morgan fingerprint density at radius 2 is 2.15 bits per heavy atom. The number of azo groups is 1. The number of rotatable bonds is 4. The highest BCUT2D eigenvalue weighted by atomic mass is 16.6. The van der Waals surface area contributed by atoms with Crippen LogP contribution in [0.25, 0.3) is 17.8 Å². The third-order valence-electron chi connectivity index (χ3n) is 3.84. The van der Waals surface area contributed by atoms with E-state index in [0.29, 0.717) is 15.9 Å². The molecule has 0 bridgehead atoms. The molecule has 0 radical (unpaired) electrons. The van der Waals surface area contributed by atoms with Crippen LogP contribution in [-0.4, -0.2) is 20.9 Å². The van der Waals surface area contributed by atoms with Crippen molar-refractivity contribution in [1.82, 2.24) is 4.98 Å². The van der Waals surface area contributed by atoms with Gasteiger partial charge in [-0.25, -0.2) is 4.99 Å². The fraction of sp³-hybridized carbons (Fsp3) is 0.176. The molecule has 3 rings (SSSR count). The number of benzene rings is 1. The van der Waals surface area contributed by atoms with E-state index in [1.165, 1.54) is 18.2 Å². The molecule has 0 atom stereocenters. The Balaban J connectivity index is 2.18.